The number of hydrogen-bond acceptors (Lipinski definition) is 4. The van der Waals surface area contributed by atoms with E-state index in [1.54, 1.807) is 27.0 Å². The van der Waals surface area contributed by atoms with E-state index in [4.69, 9.17) is 0 Å². The van der Waals surface area contributed by atoms with Gasteiger partial charge in [-0.1, -0.05) is 27.7 Å². The fourth-order valence-electron chi connectivity index (χ4n) is 1.28. The molecule has 1 amide bonds. The van der Waals surface area contributed by atoms with E-state index in [2.05, 4.69) is 20.3 Å². The summed E-state index contributed by atoms with van der Waals surface area (Å²) in [6, 6.07) is 0. The van der Waals surface area contributed by atoms with Crippen molar-refractivity contribution in [2.45, 2.75) is 34.6 Å². The number of aromatic amines is 1. The van der Waals surface area contributed by atoms with Crippen molar-refractivity contribution in [1.82, 2.24) is 9.97 Å². The molecule has 1 aromatic rings. The molecule has 0 aliphatic carbocycles. The molecule has 0 bridgehead atoms. The van der Waals surface area contributed by atoms with Gasteiger partial charge in [0.25, 0.3) is 5.56 Å². The minimum atomic E-state index is -0.358. The molecular formula is C13H20N4O2. The molecule has 1 aromatic heterocycles. The van der Waals surface area contributed by atoms with Crippen LogP contribution in [0.4, 0.5) is 11.6 Å². The molecule has 0 aromatic carbocycles. The smallest absolute Gasteiger partial charge is 0.278 e. The number of rotatable bonds is 4. The first kappa shape index (κ1) is 15.1. The number of aryl methyl sites for hydroxylation is 1. The molecule has 0 radical (unpaired) electrons. The van der Waals surface area contributed by atoms with E-state index in [-0.39, 0.29) is 34.9 Å². The maximum atomic E-state index is 11.9. The Morgan fingerprint density at radius 2 is 2.00 bits per heavy atom. The van der Waals surface area contributed by atoms with Crippen molar-refractivity contribution in [3.8, 4) is 0 Å². The maximum Gasteiger partial charge on any atom is 0.278 e. The Balaban J connectivity index is 3.04. The molecule has 0 fully saturated rings. The standard InChI is InChI=1S/C13H20N4O2/c1-7(2)6-14-10-9(5)15-13(17-12(10)19)16-11(18)8(3)4/h6-8H,1-5H3,(H2,15,16,17,18,19). The van der Waals surface area contributed by atoms with E-state index >= 15 is 0 Å². The van der Waals surface area contributed by atoms with E-state index < -0.39 is 0 Å². The van der Waals surface area contributed by atoms with Crippen molar-refractivity contribution in [3.05, 3.63) is 16.0 Å². The number of nitrogens with one attached hydrogen (secondary N) is 2. The summed E-state index contributed by atoms with van der Waals surface area (Å²) >= 11 is 0. The molecule has 104 valence electrons. The lowest BCUT2D eigenvalue weighted by Crippen LogP contribution is -2.22. The summed E-state index contributed by atoms with van der Waals surface area (Å²) in [6.07, 6.45) is 1.69. The van der Waals surface area contributed by atoms with Gasteiger partial charge in [-0.2, -0.15) is 0 Å². The van der Waals surface area contributed by atoms with Crippen molar-refractivity contribution in [2.24, 2.45) is 16.8 Å². The number of carbonyl (C=O) groups excluding carboxylic acids is 1. The second kappa shape index (κ2) is 6.26. The Bertz CT molecular complexity index is 544. The lowest BCUT2D eigenvalue weighted by atomic mass is 10.2. The summed E-state index contributed by atoms with van der Waals surface area (Å²) in [5, 5.41) is 2.56. The van der Waals surface area contributed by atoms with Gasteiger partial charge in [0.1, 0.15) is 5.69 Å². The van der Waals surface area contributed by atoms with Crippen molar-refractivity contribution in [2.75, 3.05) is 5.32 Å². The Morgan fingerprint density at radius 3 is 2.47 bits per heavy atom. The molecule has 1 heterocycles. The molecule has 1 rings (SSSR count). The van der Waals surface area contributed by atoms with E-state index in [9.17, 15) is 9.59 Å². The van der Waals surface area contributed by atoms with Crippen molar-refractivity contribution in [1.29, 1.82) is 0 Å². The zero-order valence-corrected chi connectivity index (χ0v) is 11.9. The molecule has 19 heavy (non-hydrogen) atoms. The van der Waals surface area contributed by atoms with Crippen molar-refractivity contribution in [3.63, 3.8) is 0 Å². The Hall–Kier alpha value is -1.98. The lowest BCUT2D eigenvalue weighted by Gasteiger charge is -2.08. The summed E-state index contributed by atoms with van der Waals surface area (Å²) in [4.78, 5) is 34.2. The summed E-state index contributed by atoms with van der Waals surface area (Å²) < 4.78 is 0. The van der Waals surface area contributed by atoms with Crippen LogP contribution in [0.1, 0.15) is 33.4 Å². The number of nitrogens with zero attached hydrogens (tertiary/aromatic N) is 2. The Kier molecular flexibility index (Phi) is 4.97. The SMILES string of the molecule is Cc1nc(NC(=O)C(C)C)[nH]c(=O)c1N=CC(C)C. The molecule has 0 saturated carbocycles. The predicted octanol–water partition coefficient (Wildman–Crippen LogP) is 2.03. The van der Waals surface area contributed by atoms with Gasteiger partial charge in [-0.05, 0) is 12.8 Å². The second-order valence-corrected chi connectivity index (χ2v) is 5.01. The van der Waals surface area contributed by atoms with Gasteiger partial charge in [0.2, 0.25) is 11.9 Å². The summed E-state index contributed by atoms with van der Waals surface area (Å²) in [6.45, 7) is 9.16. The molecule has 0 atom stereocenters. The number of amides is 1. The van der Waals surface area contributed by atoms with Crippen LogP contribution in [0.15, 0.2) is 9.79 Å². The fourth-order valence-corrected chi connectivity index (χ4v) is 1.28. The first-order chi connectivity index (χ1) is 8.81. The Morgan fingerprint density at radius 1 is 1.37 bits per heavy atom. The highest BCUT2D eigenvalue weighted by molar-refractivity contribution is 5.90. The normalized spacial score (nSPS) is 11.5. The van der Waals surface area contributed by atoms with Gasteiger partial charge < -0.3 is 0 Å². The van der Waals surface area contributed by atoms with Crippen molar-refractivity contribution < 1.29 is 4.79 Å². The summed E-state index contributed by atoms with van der Waals surface area (Å²) in [7, 11) is 0. The van der Waals surface area contributed by atoms with Crippen LogP contribution in [0.5, 0.6) is 0 Å². The van der Waals surface area contributed by atoms with Crippen LogP contribution in [-0.2, 0) is 4.79 Å². The average molecular weight is 264 g/mol. The maximum absolute atomic E-state index is 11.9. The summed E-state index contributed by atoms with van der Waals surface area (Å²) in [5.41, 5.74) is 0.402. The van der Waals surface area contributed by atoms with Crippen LogP contribution in [0.3, 0.4) is 0 Å². The van der Waals surface area contributed by atoms with E-state index in [0.717, 1.165) is 0 Å². The zero-order valence-electron chi connectivity index (χ0n) is 11.9. The van der Waals surface area contributed by atoms with Crippen LogP contribution >= 0.6 is 0 Å². The molecule has 0 saturated heterocycles. The van der Waals surface area contributed by atoms with E-state index in [1.807, 2.05) is 13.8 Å². The highest BCUT2D eigenvalue weighted by Crippen LogP contribution is 2.12. The molecule has 0 aliphatic rings. The quantitative estimate of drug-likeness (QED) is 0.816. The summed E-state index contributed by atoms with van der Waals surface area (Å²) in [5.74, 6) is 0.0362. The van der Waals surface area contributed by atoms with Crippen molar-refractivity contribution >= 4 is 23.8 Å². The minimum Gasteiger partial charge on any atom is -0.296 e. The average Bonchev–Trinajstić information content (AvgIpc) is 2.27. The highest BCUT2D eigenvalue weighted by atomic mass is 16.2. The number of H-pyrrole nitrogens is 1. The number of aliphatic imine (C=N–C) groups is 1. The van der Waals surface area contributed by atoms with Crippen LogP contribution in [0, 0.1) is 18.8 Å². The molecule has 0 unspecified atom stereocenters. The van der Waals surface area contributed by atoms with Crippen LogP contribution in [-0.4, -0.2) is 22.1 Å². The van der Waals surface area contributed by atoms with Gasteiger partial charge in [-0.15, -0.1) is 0 Å². The molecule has 0 spiro atoms. The highest BCUT2D eigenvalue weighted by Gasteiger charge is 2.11. The number of carbonyl (C=O) groups is 1. The van der Waals surface area contributed by atoms with E-state index in [1.165, 1.54) is 0 Å². The number of hydrogen-bond donors (Lipinski definition) is 2. The van der Waals surface area contributed by atoms with E-state index in [0.29, 0.717) is 5.69 Å². The largest absolute Gasteiger partial charge is 0.296 e. The monoisotopic (exact) mass is 264 g/mol. The van der Waals surface area contributed by atoms with Gasteiger partial charge in [0.15, 0.2) is 0 Å². The molecule has 6 heteroatoms. The van der Waals surface area contributed by atoms with Crippen LogP contribution in [0.2, 0.25) is 0 Å². The molecule has 2 N–H and O–H groups in total. The molecule has 6 nitrogen and oxygen atoms in total. The molecular weight excluding hydrogens is 244 g/mol. The number of aromatic nitrogens is 2. The predicted molar refractivity (Wildman–Crippen MR) is 76.1 cm³/mol. The fraction of sp³-hybridized carbons (Fsp3) is 0.538. The van der Waals surface area contributed by atoms with Gasteiger partial charge in [-0.25, -0.2) is 4.98 Å². The Labute approximate surface area is 112 Å². The van der Waals surface area contributed by atoms with Crippen LogP contribution < -0.4 is 10.9 Å². The third-order valence-electron chi connectivity index (χ3n) is 2.34. The van der Waals surface area contributed by atoms with Gasteiger partial charge in [0, 0.05) is 12.1 Å². The molecule has 0 aliphatic heterocycles. The third-order valence-corrected chi connectivity index (χ3v) is 2.34. The second-order valence-electron chi connectivity index (χ2n) is 5.01. The van der Waals surface area contributed by atoms with Gasteiger partial charge in [0.05, 0.1) is 5.69 Å². The van der Waals surface area contributed by atoms with Crippen LogP contribution in [0.25, 0.3) is 0 Å². The number of anilines is 1. The topological polar surface area (TPSA) is 87.2 Å². The van der Waals surface area contributed by atoms with Gasteiger partial charge >= 0.3 is 0 Å². The lowest BCUT2D eigenvalue weighted by molar-refractivity contribution is -0.118. The minimum absolute atomic E-state index is 0.157. The van der Waals surface area contributed by atoms with Gasteiger partial charge in [-0.3, -0.25) is 24.9 Å². The zero-order chi connectivity index (χ0) is 14.6. The third kappa shape index (κ3) is 4.31. The first-order valence-electron chi connectivity index (χ1n) is 6.27. The first-order valence-corrected chi connectivity index (χ1v) is 6.27.